The molecular weight excluding hydrogens is 877 g/mol. The van der Waals surface area contributed by atoms with Crippen LogP contribution in [0.3, 0.4) is 0 Å². The highest BCUT2D eigenvalue weighted by molar-refractivity contribution is 6.14. The number of rotatable bonds is 13. The minimum Gasteiger partial charge on any atom is -0.282 e. The summed E-state index contributed by atoms with van der Waals surface area (Å²) in [6.07, 6.45) is 19.1. The molecule has 0 aliphatic heterocycles. The fourth-order valence-electron chi connectivity index (χ4n) is 8.50. The van der Waals surface area contributed by atoms with E-state index in [2.05, 4.69) is 157 Å². The van der Waals surface area contributed by atoms with Gasteiger partial charge in [0.05, 0.1) is 0 Å². The molecule has 1 unspecified atom stereocenters. The molecule has 0 bridgehead atoms. The summed E-state index contributed by atoms with van der Waals surface area (Å²) >= 11 is 0. The molecule has 1 atom stereocenters. The molecule has 0 saturated heterocycles. The lowest BCUT2D eigenvalue weighted by atomic mass is 9.92. The molecule has 0 amide bonds. The molecule has 8 aromatic carbocycles. The minimum atomic E-state index is 0.0268. The lowest BCUT2D eigenvalue weighted by molar-refractivity contribution is 0.854. The number of hydrogen-bond donors (Lipinski definition) is 1. The smallest absolute Gasteiger partial charge is 0.164 e. The fraction of sp³-hybridized carbons (Fsp3) is 0.0303. The van der Waals surface area contributed by atoms with Crippen molar-refractivity contribution in [2.75, 3.05) is 0 Å². The van der Waals surface area contributed by atoms with Crippen molar-refractivity contribution in [1.82, 2.24) is 15.0 Å². The van der Waals surface area contributed by atoms with Gasteiger partial charge in [-0.1, -0.05) is 243 Å². The van der Waals surface area contributed by atoms with Crippen LogP contribution in [0.15, 0.2) is 277 Å². The Morgan fingerprint density at radius 2 is 1.00 bits per heavy atom. The lowest BCUT2D eigenvalue weighted by Crippen LogP contribution is -2.04. The largest absolute Gasteiger partial charge is 0.282 e. The molecule has 6 heteroatoms. The van der Waals surface area contributed by atoms with Gasteiger partial charge in [-0.15, -0.1) is 0 Å². The number of benzene rings is 8. The van der Waals surface area contributed by atoms with Crippen LogP contribution in [0.4, 0.5) is 0 Å². The molecule has 0 spiro atoms. The van der Waals surface area contributed by atoms with E-state index in [0.717, 1.165) is 73.2 Å². The highest BCUT2D eigenvalue weighted by atomic mass is 15.0. The van der Waals surface area contributed by atoms with E-state index >= 15 is 0 Å². The Balaban J connectivity index is 0.857. The van der Waals surface area contributed by atoms with Gasteiger partial charge in [0.2, 0.25) is 0 Å². The number of nitrogens with one attached hydrogen (secondary N) is 1. The quantitative estimate of drug-likeness (QED) is 0.0710. The standard InChI is InChI=1S/C66H50N6/c1-47(62(67)69-63(68-46-49-22-6-2-7-23-49)60-36-18-32-56(44-60)51-27-10-4-11-28-51)20-14-15-21-48-24-16-31-55(42-48)57-33-17-34-58(43-57)59-35-19-37-61(45-59)66-71-64(53-29-12-5-13-30-53)70-65(72-66)54-40-38-52(39-41-54)50-25-8-3-9-26-50/h2-25,27-46,50,67H,1,26H2/b20-14-,21-15+,67-62?,68-46?,69-63?. The molecule has 344 valence electrons. The van der Waals surface area contributed by atoms with Crippen molar-refractivity contribution >= 4 is 24.0 Å². The first kappa shape index (κ1) is 46.2. The normalized spacial score (nSPS) is 13.6. The molecule has 6 nitrogen and oxygen atoms in total. The first-order valence-corrected chi connectivity index (χ1v) is 24.0. The van der Waals surface area contributed by atoms with E-state index in [1.165, 1.54) is 5.56 Å². The third-order valence-electron chi connectivity index (χ3n) is 12.4. The summed E-state index contributed by atoms with van der Waals surface area (Å²) < 4.78 is 0. The number of hydrogen-bond acceptors (Lipinski definition) is 4. The predicted molar refractivity (Wildman–Crippen MR) is 300 cm³/mol. The molecule has 9 aromatic rings. The SMILES string of the molecule is C=C(/C=C\C=C\c1cccc(-c2cccc(-c3cccc(-c4nc(-c5ccccc5)nc(-c5ccc(C6C=CC=CC6)cc5)n4)c3)c2)c1)C(=N)N=C(N=Cc1ccccc1)c1cccc(-c2ccccc2)c1. The molecule has 1 aliphatic carbocycles. The van der Waals surface area contributed by atoms with Gasteiger partial charge < -0.3 is 0 Å². The van der Waals surface area contributed by atoms with Crippen molar-refractivity contribution in [2.24, 2.45) is 9.98 Å². The van der Waals surface area contributed by atoms with Gasteiger partial charge in [0, 0.05) is 40.0 Å². The van der Waals surface area contributed by atoms with Gasteiger partial charge in [0.15, 0.2) is 29.1 Å². The monoisotopic (exact) mass is 926 g/mol. The van der Waals surface area contributed by atoms with Crippen LogP contribution >= 0.6 is 0 Å². The first-order valence-electron chi connectivity index (χ1n) is 24.0. The van der Waals surface area contributed by atoms with Gasteiger partial charge in [0.1, 0.15) is 0 Å². The highest BCUT2D eigenvalue weighted by Crippen LogP contribution is 2.32. The van der Waals surface area contributed by atoms with Crippen molar-refractivity contribution in [3.63, 3.8) is 0 Å². The van der Waals surface area contributed by atoms with Gasteiger partial charge in [-0.25, -0.2) is 24.9 Å². The van der Waals surface area contributed by atoms with Crippen LogP contribution < -0.4 is 0 Å². The molecule has 10 rings (SSSR count). The molecule has 0 fully saturated rings. The number of amidine groups is 2. The Hall–Kier alpha value is -9.52. The predicted octanol–water partition coefficient (Wildman–Crippen LogP) is 16.1. The molecule has 1 aliphatic rings. The van der Waals surface area contributed by atoms with Crippen LogP contribution in [-0.4, -0.2) is 32.8 Å². The van der Waals surface area contributed by atoms with Crippen LogP contribution in [0.1, 0.15) is 34.6 Å². The van der Waals surface area contributed by atoms with Crippen LogP contribution in [0, 0.1) is 5.41 Å². The maximum Gasteiger partial charge on any atom is 0.164 e. The summed E-state index contributed by atoms with van der Waals surface area (Å²) in [5, 5.41) is 8.90. The molecular formula is C66H50N6. The lowest BCUT2D eigenvalue weighted by Gasteiger charge is -2.14. The van der Waals surface area contributed by atoms with Crippen LogP contribution in [-0.2, 0) is 0 Å². The Bertz CT molecular complexity index is 3570. The van der Waals surface area contributed by atoms with Crippen molar-refractivity contribution < 1.29 is 0 Å². The van der Waals surface area contributed by atoms with E-state index in [1.54, 1.807) is 12.3 Å². The minimum absolute atomic E-state index is 0.0268. The zero-order valence-electron chi connectivity index (χ0n) is 39.6. The van der Waals surface area contributed by atoms with E-state index < -0.39 is 0 Å². The topological polar surface area (TPSA) is 87.2 Å². The van der Waals surface area contributed by atoms with Gasteiger partial charge in [-0.2, -0.15) is 0 Å². The van der Waals surface area contributed by atoms with Crippen LogP contribution in [0.5, 0.6) is 0 Å². The van der Waals surface area contributed by atoms with Crippen molar-refractivity contribution in [1.29, 1.82) is 5.41 Å². The highest BCUT2D eigenvalue weighted by Gasteiger charge is 2.15. The van der Waals surface area contributed by atoms with E-state index in [9.17, 15) is 0 Å². The van der Waals surface area contributed by atoms with Crippen molar-refractivity contribution in [3.05, 3.63) is 289 Å². The molecule has 1 N–H and O–H groups in total. The molecule has 0 saturated carbocycles. The van der Waals surface area contributed by atoms with Gasteiger partial charge in [0.25, 0.3) is 0 Å². The maximum absolute atomic E-state index is 8.90. The summed E-state index contributed by atoms with van der Waals surface area (Å²) in [5.41, 5.74) is 13.8. The van der Waals surface area contributed by atoms with Gasteiger partial charge in [-0.3, -0.25) is 5.41 Å². The Morgan fingerprint density at radius 3 is 1.65 bits per heavy atom. The molecule has 72 heavy (non-hydrogen) atoms. The zero-order chi connectivity index (χ0) is 48.9. The molecule has 1 aromatic heterocycles. The van der Waals surface area contributed by atoms with Gasteiger partial charge >= 0.3 is 0 Å². The number of aromatic nitrogens is 3. The zero-order valence-corrected chi connectivity index (χ0v) is 39.6. The fourth-order valence-corrected chi connectivity index (χ4v) is 8.50. The Labute approximate surface area is 421 Å². The number of aliphatic imine (C=N–C) groups is 2. The Morgan fingerprint density at radius 1 is 0.486 bits per heavy atom. The number of nitrogens with zero attached hydrogens (tertiary/aromatic N) is 5. The second-order valence-corrected chi connectivity index (χ2v) is 17.4. The third-order valence-corrected chi connectivity index (χ3v) is 12.4. The van der Waals surface area contributed by atoms with E-state index in [-0.39, 0.29) is 5.84 Å². The summed E-state index contributed by atoms with van der Waals surface area (Å²) in [7, 11) is 0. The summed E-state index contributed by atoms with van der Waals surface area (Å²) in [6, 6.07) is 72.3. The van der Waals surface area contributed by atoms with Crippen molar-refractivity contribution in [2.45, 2.75) is 12.3 Å². The van der Waals surface area contributed by atoms with E-state index in [4.69, 9.17) is 25.4 Å². The second kappa shape index (κ2) is 22.3. The van der Waals surface area contributed by atoms with Crippen molar-refractivity contribution in [3.8, 4) is 67.5 Å². The van der Waals surface area contributed by atoms with Gasteiger partial charge in [-0.05, 0) is 80.8 Å². The van der Waals surface area contributed by atoms with Crippen LogP contribution in [0.2, 0.25) is 0 Å². The molecule has 1 heterocycles. The first-order chi connectivity index (χ1) is 35.5. The second-order valence-electron chi connectivity index (χ2n) is 17.4. The summed E-state index contributed by atoms with van der Waals surface area (Å²) in [6.45, 7) is 4.17. The maximum atomic E-state index is 8.90. The summed E-state index contributed by atoms with van der Waals surface area (Å²) in [4.78, 5) is 24.5. The van der Waals surface area contributed by atoms with E-state index in [0.29, 0.717) is 34.8 Å². The average Bonchev–Trinajstić information content (AvgIpc) is 3.46. The third kappa shape index (κ3) is 11.5. The summed E-state index contributed by atoms with van der Waals surface area (Å²) in [5.74, 6) is 2.70. The molecule has 0 radical (unpaired) electrons. The van der Waals surface area contributed by atoms with Crippen LogP contribution in [0.25, 0.3) is 73.6 Å². The number of allylic oxidation sites excluding steroid dienone is 6. The average molecular weight is 927 g/mol. The Kier molecular flexibility index (Phi) is 14.3. The van der Waals surface area contributed by atoms with E-state index in [1.807, 2.05) is 109 Å².